The van der Waals surface area contributed by atoms with Crippen LogP contribution in [0.4, 0.5) is 0 Å². The molecule has 1 aromatic carbocycles. The van der Waals surface area contributed by atoms with Gasteiger partial charge in [0.05, 0.1) is 26.1 Å². The highest BCUT2D eigenvalue weighted by atomic mass is 16.5. The number of methoxy groups -OCH3 is 1. The Kier molecular flexibility index (Phi) is 7.70. The molecule has 0 heterocycles. The second kappa shape index (κ2) is 9.34. The molecule has 0 aliphatic heterocycles. The lowest BCUT2D eigenvalue weighted by molar-refractivity contribution is 0.0465. The lowest BCUT2D eigenvalue weighted by atomic mass is 10.0. The number of rotatable bonds is 9. The number of benzene rings is 1. The molecule has 1 aromatic rings. The SMILES string of the molecule is C=C(C)c1cccc(/C(C)=C/OCCOCCOC)c1. The van der Waals surface area contributed by atoms with Gasteiger partial charge in [-0.1, -0.05) is 30.4 Å². The molecule has 0 aliphatic rings. The zero-order valence-electron chi connectivity index (χ0n) is 12.6. The van der Waals surface area contributed by atoms with Gasteiger partial charge < -0.3 is 14.2 Å². The molecule has 110 valence electrons. The Balaban J connectivity index is 2.40. The van der Waals surface area contributed by atoms with Crippen molar-refractivity contribution in [2.24, 2.45) is 0 Å². The summed E-state index contributed by atoms with van der Waals surface area (Å²) in [6.45, 7) is 10.3. The summed E-state index contributed by atoms with van der Waals surface area (Å²) in [7, 11) is 1.66. The molecule has 0 spiro atoms. The highest BCUT2D eigenvalue weighted by Gasteiger charge is 1.99. The summed E-state index contributed by atoms with van der Waals surface area (Å²) in [6, 6.07) is 8.28. The normalized spacial score (nSPS) is 11.4. The molecule has 20 heavy (non-hydrogen) atoms. The molecule has 0 aromatic heterocycles. The van der Waals surface area contributed by atoms with Gasteiger partial charge in [-0.3, -0.25) is 0 Å². The topological polar surface area (TPSA) is 27.7 Å². The second-order valence-electron chi connectivity index (χ2n) is 4.64. The third kappa shape index (κ3) is 6.04. The van der Waals surface area contributed by atoms with Crippen molar-refractivity contribution >= 4 is 11.1 Å². The van der Waals surface area contributed by atoms with Crippen LogP contribution in [0.1, 0.15) is 25.0 Å². The molecule has 0 unspecified atom stereocenters. The van der Waals surface area contributed by atoms with E-state index in [4.69, 9.17) is 14.2 Å². The van der Waals surface area contributed by atoms with Gasteiger partial charge >= 0.3 is 0 Å². The van der Waals surface area contributed by atoms with E-state index in [1.54, 1.807) is 13.4 Å². The minimum Gasteiger partial charge on any atom is -0.498 e. The van der Waals surface area contributed by atoms with Crippen LogP contribution in [0.3, 0.4) is 0 Å². The molecule has 0 bridgehead atoms. The van der Waals surface area contributed by atoms with E-state index in [-0.39, 0.29) is 0 Å². The van der Waals surface area contributed by atoms with Gasteiger partial charge in [0.25, 0.3) is 0 Å². The Morgan fingerprint density at radius 1 is 1.10 bits per heavy atom. The zero-order valence-corrected chi connectivity index (χ0v) is 12.6. The maximum atomic E-state index is 5.48. The van der Waals surface area contributed by atoms with Crippen LogP contribution in [-0.4, -0.2) is 33.5 Å². The van der Waals surface area contributed by atoms with Gasteiger partial charge in [-0.2, -0.15) is 0 Å². The maximum absolute atomic E-state index is 5.48. The Bertz CT molecular complexity index is 449. The first kappa shape index (κ1) is 16.5. The van der Waals surface area contributed by atoms with Gasteiger partial charge in [0.2, 0.25) is 0 Å². The Morgan fingerprint density at radius 2 is 1.80 bits per heavy atom. The number of hydrogen-bond acceptors (Lipinski definition) is 3. The minimum atomic E-state index is 0.543. The molecule has 0 atom stereocenters. The summed E-state index contributed by atoms with van der Waals surface area (Å²) in [4.78, 5) is 0. The molecule has 1 rings (SSSR count). The molecular weight excluding hydrogens is 252 g/mol. The van der Waals surface area contributed by atoms with Crippen LogP contribution in [0.25, 0.3) is 11.1 Å². The smallest absolute Gasteiger partial charge is 0.111 e. The summed E-state index contributed by atoms with van der Waals surface area (Å²) in [5, 5.41) is 0. The van der Waals surface area contributed by atoms with E-state index in [0.29, 0.717) is 26.4 Å². The van der Waals surface area contributed by atoms with Crippen LogP contribution in [0.15, 0.2) is 37.1 Å². The van der Waals surface area contributed by atoms with E-state index >= 15 is 0 Å². The van der Waals surface area contributed by atoms with E-state index in [1.165, 1.54) is 0 Å². The van der Waals surface area contributed by atoms with Crippen LogP contribution in [0.2, 0.25) is 0 Å². The maximum Gasteiger partial charge on any atom is 0.111 e. The molecule has 3 nitrogen and oxygen atoms in total. The average Bonchev–Trinajstić information content (AvgIpc) is 2.46. The van der Waals surface area contributed by atoms with Crippen molar-refractivity contribution in [2.75, 3.05) is 33.5 Å². The van der Waals surface area contributed by atoms with Crippen LogP contribution in [0.5, 0.6) is 0 Å². The van der Waals surface area contributed by atoms with Crippen molar-refractivity contribution < 1.29 is 14.2 Å². The third-order valence-electron chi connectivity index (χ3n) is 2.85. The summed E-state index contributed by atoms with van der Waals surface area (Å²) >= 11 is 0. The molecule has 0 amide bonds. The Morgan fingerprint density at radius 3 is 2.50 bits per heavy atom. The molecule has 0 saturated heterocycles. The molecule has 0 saturated carbocycles. The van der Waals surface area contributed by atoms with Gasteiger partial charge in [0.15, 0.2) is 0 Å². The summed E-state index contributed by atoms with van der Waals surface area (Å²) in [6.07, 6.45) is 1.78. The Hall–Kier alpha value is -1.58. The van der Waals surface area contributed by atoms with Crippen molar-refractivity contribution in [1.82, 2.24) is 0 Å². The van der Waals surface area contributed by atoms with Gasteiger partial charge in [-0.15, -0.1) is 0 Å². The van der Waals surface area contributed by atoms with Gasteiger partial charge in [0.1, 0.15) is 6.61 Å². The molecule has 0 N–H and O–H groups in total. The van der Waals surface area contributed by atoms with Crippen molar-refractivity contribution in [2.45, 2.75) is 13.8 Å². The fraction of sp³-hybridized carbons (Fsp3) is 0.412. The largest absolute Gasteiger partial charge is 0.498 e. The lowest BCUT2D eigenvalue weighted by Crippen LogP contribution is -2.06. The van der Waals surface area contributed by atoms with Crippen LogP contribution >= 0.6 is 0 Å². The molecule has 0 radical (unpaired) electrons. The van der Waals surface area contributed by atoms with E-state index in [0.717, 1.165) is 22.3 Å². The average molecular weight is 276 g/mol. The van der Waals surface area contributed by atoms with Crippen LogP contribution in [0, 0.1) is 0 Å². The summed E-state index contributed by atoms with van der Waals surface area (Å²) in [5.74, 6) is 0. The predicted molar refractivity (Wildman–Crippen MR) is 83.4 cm³/mol. The predicted octanol–water partition coefficient (Wildman–Crippen LogP) is 3.76. The van der Waals surface area contributed by atoms with Crippen molar-refractivity contribution in [3.05, 3.63) is 48.2 Å². The lowest BCUT2D eigenvalue weighted by Gasteiger charge is -2.07. The van der Waals surface area contributed by atoms with E-state index in [9.17, 15) is 0 Å². The molecule has 3 heteroatoms. The highest BCUT2D eigenvalue weighted by Crippen LogP contribution is 2.19. The van der Waals surface area contributed by atoms with E-state index in [2.05, 4.69) is 24.8 Å². The second-order valence-corrected chi connectivity index (χ2v) is 4.64. The first-order valence-electron chi connectivity index (χ1n) is 6.76. The monoisotopic (exact) mass is 276 g/mol. The van der Waals surface area contributed by atoms with Crippen molar-refractivity contribution in [1.29, 1.82) is 0 Å². The van der Waals surface area contributed by atoms with Crippen LogP contribution < -0.4 is 0 Å². The van der Waals surface area contributed by atoms with Gasteiger partial charge in [-0.25, -0.2) is 0 Å². The molecule has 0 aliphatic carbocycles. The Labute approximate surface area is 121 Å². The summed E-state index contributed by atoms with van der Waals surface area (Å²) < 4.78 is 15.7. The van der Waals surface area contributed by atoms with E-state index in [1.807, 2.05) is 19.9 Å². The first-order valence-corrected chi connectivity index (χ1v) is 6.76. The quantitative estimate of drug-likeness (QED) is 0.508. The zero-order chi connectivity index (χ0) is 14.8. The van der Waals surface area contributed by atoms with Gasteiger partial charge in [0, 0.05) is 7.11 Å². The van der Waals surface area contributed by atoms with Crippen molar-refractivity contribution in [3.63, 3.8) is 0 Å². The summed E-state index contributed by atoms with van der Waals surface area (Å²) in [5.41, 5.74) is 4.45. The fourth-order valence-corrected chi connectivity index (χ4v) is 1.63. The van der Waals surface area contributed by atoms with Crippen LogP contribution in [-0.2, 0) is 14.2 Å². The third-order valence-corrected chi connectivity index (χ3v) is 2.85. The van der Waals surface area contributed by atoms with E-state index < -0.39 is 0 Å². The number of ether oxygens (including phenoxy) is 3. The fourth-order valence-electron chi connectivity index (χ4n) is 1.63. The number of hydrogen-bond donors (Lipinski definition) is 0. The van der Waals surface area contributed by atoms with Crippen molar-refractivity contribution in [3.8, 4) is 0 Å². The highest BCUT2D eigenvalue weighted by molar-refractivity contribution is 5.69. The number of allylic oxidation sites excluding steroid dienone is 2. The van der Waals surface area contributed by atoms with Gasteiger partial charge in [-0.05, 0) is 36.6 Å². The molecular formula is C17H24O3. The molecule has 0 fully saturated rings. The standard InChI is InChI=1S/C17H24O3/c1-14(2)16-6-5-7-17(12-16)15(3)13-20-11-10-19-9-8-18-4/h5-7,12-13H,1,8-11H2,2-4H3/b15-13+. The first-order chi connectivity index (χ1) is 9.65. The minimum absolute atomic E-state index is 0.543.